The van der Waals surface area contributed by atoms with Crippen molar-refractivity contribution in [3.63, 3.8) is 0 Å². The molecule has 0 bridgehead atoms. The zero-order chi connectivity index (χ0) is 22.9. The number of methoxy groups -OCH3 is 4. The fourth-order valence-electron chi connectivity index (χ4n) is 4.72. The smallest absolute Gasteiger partial charge is 0.303 e. The molecule has 8 nitrogen and oxygen atoms in total. The van der Waals surface area contributed by atoms with E-state index >= 15 is 0 Å². The van der Waals surface area contributed by atoms with E-state index in [4.69, 9.17) is 33.2 Å². The first-order valence-electron chi connectivity index (χ1n) is 10.3. The molecule has 2 saturated heterocycles. The molecule has 0 unspecified atom stereocenters. The van der Waals surface area contributed by atoms with Crippen molar-refractivity contribution in [2.75, 3.05) is 41.7 Å². The predicted octanol–water partition coefficient (Wildman–Crippen LogP) is 3.48. The number of esters is 1. The van der Waals surface area contributed by atoms with Crippen LogP contribution < -0.4 is 18.9 Å². The molecular formula is C24H28O8. The maximum Gasteiger partial charge on any atom is 0.303 e. The van der Waals surface area contributed by atoms with Crippen molar-refractivity contribution < 1.29 is 38.0 Å². The Kier molecular flexibility index (Phi) is 6.17. The molecule has 32 heavy (non-hydrogen) atoms. The maximum absolute atomic E-state index is 12.2. The first kappa shape index (κ1) is 22.2. The Bertz CT molecular complexity index is 990. The Morgan fingerprint density at radius 2 is 1.41 bits per heavy atom. The summed E-state index contributed by atoms with van der Waals surface area (Å²) in [6, 6.07) is 11.2. The summed E-state index contributed by atoms with van der Waals surface area (Å²) in [5.74, 6) is 1.83. The van der Waals surface area contributed by atoms with Crippen molar-refractivity contribution in [1.29, 1.82) is 0 Å². The number of carbonyl (C=O) groups excluding carboxylic acids is 1. The van der Waals surface area contributed by atoms with E-state index < -0.39 is 11.7 Å². The molecule has 2 aromatic carbocycles. The molecule has 2 fully saturated rings. The van der Waals surface area contributed by atoms with E-state index in [1.54, 1.807) is 28.4 Å². The number of fused-ring (bicyclic) bond motifs is 1. The van der Waals surface area contributed by atoms with Gasteiger partial charge in [-0.2, -0.15) is 0 Å². The standard InChI is InChI=1S/C24H28O8/c1-14(25)32-24-13-31-22(15-6-8-18(26-2)20(10-15)28-4)17(24)12-30-23(24)16-7-9-19(27-3)21(11-16)29-5/h6-11,17,22-23H,12-13H2,1-5H3/t17-,22-,23-,24-/m1/s1. The molecule has 2 aliphatic heterocycles. The molecule has 0 radical (unpaired) electrons. The van der Waals surface area contributed by atoms with Gasteiger partial charge < -0.3 is 33.2 Å². The summed E-state index contributed by atoms with van der Waals surface area (Å²) in [4.78, 5) is 12.2. The Morgan fingerprint density at radius 3 is 1.97 bits per heavy atom. The molecule has 4 atom stereocenters. The van der Waals surface area contributed by atoms with Crippen LogP contribution in [0.2, 0.25) is 0 Å². The van der Waals surface area contributed by atoms with E-state index in [9.17, 15) is 4.79 Å². The zero-order valence-corrected chi connectivity index (χ0v) is 18.9. The second kappa shape index (κ2) is 8.88. The van der Waals surface area contributed by atoms with Gasteiger partial charge in [0.1, 0.15) is 6.10 Å². The van der Waals surface area contributed by atoms with Gasteiger partial charge >= 0.3 is 5.97 Å². The van der Waals surface area contributed by atoms with Crippen molar-refractivity contribution in [3.05, 3.63) is 47.5 Å². The lowest BCUT2D eigenvalue weighted by Gasteiger charge is -2.32. The van der Waals surface area contributed by atoms with Gasteiger partial charge in [-0.15, -0.1) is 0 Å². The summed E-state index contributed by atoms with van der Waals surface area (Å²) < 4.78 is 40.0. The Balaban J connectivity index is 1.72. The fourth-order valence-corrected chi connectivity index (χ4v) is 4.72. The lowest BCUT2D eigenvalue weighted by Crippen LogP contribution is -2.43. The molecule has 0 amide bonds. The van der Waals surface area contributed by atoms with E-state index in [1.165, 1.54) is 6.92 Å². The second-order valence-electron chi connectivity index (χ2n) is 7.83. The zero-order valence-electron chi connectivity index (χ0n) is 18.9. The Morgan fingerprint density at radius 1 is 0.844 bits per heavy atom. The van der Waals surface area contributed by atoms with Crippen LogP contribution in [0.25, 0.3) is 0 Å². The van der Waals surface area contributed by atoms with Gasteiger partial charge in [-0.3, -0.25) is 4.79 Å². The van der Waals surface area contributed by atoms with E-state index in [1.807, 2.05) is 36.4 Å². The molecule has 0 aromatic heterocycles. The van der Waals surface area contributed by atoms with Gasteiger partial charge in [-0.1, -0.05) is 12.1 Å². The number of hydrogen-bond acceptors (Lipinski definition) is 8. The molecule has 2 aliphatic rings. The van der Waals surface area contributed by atoms with E-state index in [0.29, 0.717) is 29.6 Å². The predicted molar refractivity (Wildman–Crippen MR) is 114 cm³/mol. The van der Waals surface area contributed by atoms with Crippen LogP contribution in [0.5, 0.6) is 23.0 Å². The summed E-state index contributed by atoms with van der Waals surface area (Å²) >= 11 is 0. The maximum atomic E-state index is 12.2. The van der Waals surface area contributed by atoms with E-state index in [2.05, 4.69) is 0 Å². The van der Waals surface area contributed by atoms with Gasteiger partial charge in [0.15, 0.2) is 28.6 Å². The van der Waals surface area contributed by atoms with Crippen LogP contribution in [0.3, 0.4) is 0 Å². The van der Waals surface area contributed by atoms with Crippen LogP contribution in [0, 0.1) is 5.92 Å². The highest BCUT2D eigenvalue weighted by molar-refractivity contribution is 5.67. The Labute approximate surface area is 187 Å². The summed E-state index contributed by atoms with van der Waals surface area (Å²) in [6.07, 6.45) is -0.847. The minimum Gasteiger partial charge on any atom is -0.493 e. The van der Waals surface area contributed by atoms with Crippen molar-refractivity contribution in [2.24, 2.45) is 5.92 Å². The van der Waals surface area contributed by atoms with Crippen molar-refractivity contribution in [2.45, 2.75) is 24.7 Å². The van der Waals surface area contributed by atoms with Crippen molar-refractivity contribution in [3.8, 4) is 23.0 Å². The highest BCUT2D eigenvalue weighted by Crippen LogP contribution is 2.56. The third kappa shape index (κ3) is 3.63. The second-order valence-corrected chi connectivity index (χ2v) is 7.83. The van der Waals surface area contributed by atoms with Crippen LogP contribution in [0.1, 0.15) is 30.3 Å². The average Bonchev–Trinajstić information content (AvgIpc) is 3.33. The summed E-state index contributed by atoms with van der Waals surface area (Å²) in [6.45, 7) is 1.97. The van der Waals surface area contributed by atoms with Crippen LogP contribution >= 0.6 is 0 Å². The summed E-state index contributed by atoms with van der Waals surface area (Å²) in [5.41, 5.74) is 0.754. The Hall–Kier alpha value is -2.97. The number of rotatable bonds is 7. The van der Waals surface area contributed by atoms with Crippen LogP contribution in [0.4, 0.5) is 0 Å². The van der Waals surface area contributed by atoms with Crippen LogP contribution in [0.15, 0.2) is 36.4 Å². The van der Waals surface area contributed by atoms with Gasteiger partial charge in [-0.25, -0.2) is 0 Å². The largest absolute Gasteiger partial charge is 0.493 e. The SMILES string of the molecule is COc1ccc([C@H]2OC[C@]3(OC(C)=O)[C@@H](c4ccc(OC)c(OC)c4)OC[C@H]23)cc1OC. The average molecular weight is 444 g/mol. The first-order chi connectivity index (χ1) is 15.5. The highest BCUT2D eigenvalue weighted by atomic mass is 16.6. The topological polar surface area (TPSA) is 81.7 Å². The third-order valence-corrected chi connectivity index (χ3v) is 6.15. The number of benzene rings is 2. The van der Waals surface area contributed by atoms with Crippen molar-refractivity contribution in [1.82, 2.24) is 0 Å². The van der Waals surface area contributed by atoms with E-state index in [0.717, 1.165) is 11.1 Å². The van der Waals surface area contributed by atoms with Crippen LogP contribution in [-0.2, 0) is 19.0 Å². The fraction of sp³-hybridized carbons (Fsp3) is 0.458. The lowest BCUT2D eigenvalue weighted by atomic mass is 9.80. The summed E-state index contributed by atoms with van der Waals surface area (Å²) in [5, 5.41) is 0. The van der Waals surface area contributed by atoms with E-state index in [-0.39, 0.29) is 24.6 Å². The minimum absolute atomic E-state index is 0.204. The molecular weight excluding hydrogens is 416 g/mol. The number of carbonyl (C=O) groups is 1. The van der Waals surface area contributed by atoms with Gasteiger partial charge in [0.25, 0.3) is 0 Å². The molecule has 0 aliphatic carbocycles. The first-order valence-corrected chi connectivity index (χ1v) is 10.3. The molecule has 4 rings (SSSR count). The van der Waals surface area contributed by atoms with Gasteiger partial charge in [0, 0.05) is 6.92 Å². The molecule has 2 heterocycles. The molecule has 2 aromatic rings. The van der Waals surface area contributed by atoms with Crippen LogP contribution in [-0.4, -0.2) is 53.2 Å². The van der Waals surface area contributed by atoms with Crippen molar-refractivity contribution >= 4 is 5.97 Å². The monoisotopic (exact) mass is 444 g/mol. The summed E-state index contributed by atoms with van der Waals surface area (Å²) in [7, 11) is 6.34. The minimum atomic E-state index is -0.969. The normalized spacial score (nSPS) is 26.3. The van der Waals surface area contributed by atoms with Gasteiger partial charge in [0.05, 0.1) is 53.7 Å². The van der Waals surface area contributed by atoms with Gasteiger partial charge in [-0.05, 0) is 35.4 Å². The number of hydrogen-bond donors (Lipinski definition) is 0. The number of ether oxygens (including phenoxy) is 7. The molecule has 0 N–H and O–H groups in total. The molecule has 0 spiro atoms. The highest BCUT2D eigenvalue weighted by Gasteiger charge is 2.62. The molecule has 172 valence electrons. The molecule has 8 heteroatoms. The third-order valence-electron chi connectivity index (χ3n) is 6.15. The quantitative estimate of drug-likeness (QED) is 0.601. The molecule has 0 saturated carbocycles. The van der Waals surface area contributed by atoms with Gasteiger partial charge in [0.2, 0.25) is 0 Å². The lowest BCUT2D eigenvalue weighted by molar-refractivity contribution is -0.167.